The van der Waals surface area contributed by atoms with Gasteiger partial charge in [0.25, 0.3) is 0 Å². The van der Waals surface area contributed by atoms with E-state index in [2.05, 4.69) is 26.2 Å². The summed E-state index contributed by atoms with van der Waals surface area (Å²) in [5.41, 5.74) is 1.99. The fourth-order valence-corrected chi connectivity index (χ4v) is 2.30. The van der Waals surface area contributed by atoms with Crippen LogP contribution in [0.1, 0.15) is 5.56 Å². The standard InChI is InChI=1S/C14H13BrN2OS/c1-10-2-5-12(6-3-10)17-13(18)9-19-14-7-4-11(15)8-16-14/h2-8H,9H2,1H3,(H,17,18). The average Bonchev–Trinajstić information content (AvgIpc) is 2.41. The Hall–Kier alpha value is -1.33. The molecule has 3 nitrogen and oxygen atoms in total. The second kappa shape index (κ2) is 6.73. The third-order valence-corrected chi connectivity index (χ3v) is 3.80. The minimum absolute atomic E-state index is 0.0291. The first-order valence-electron chi connectivity index (χ1n) is 5.74. The fourth-order valence-electron chi connectivity index (χ4n) is 1.42. The second-order valence-corrected chi connectivity index (χ2v) is 5.93. The molecule has 0 unspecified atom stereocenters. The Bertz CT molecular complexity index is 555. The first-order chi connectivity index (χ1) is 9.13. The number of carbonyl (C=O) groups excluding carboxylic acids is 1. The topological polar surface area (TPSA) is 42.0 Å². The number of aromatic nitrogens is 1. The maximum atomic E-state index is 11.8. The van der Waals surface area contributed by atoms with E-state index in [0.717, 1.165) is 15.2 Å². The minimum atomic E-state index is -0.0291. The van der Waals surface area contributed by atoms with E-state index in [4.69, 9.17) is 0 Å². The minimum Gasteiger partial charge on any atom is -0.325 e. The normalized spacial score (nSPS) is 10.2. The highest BCUT2D eigenvalue weighted by Crippen LogP contribution is 2.18. The van der Waals surface area contributed by atoms with Gasteiger partial charge in [0.15, 0.2) is 0 Å². The lowest BCUT2D eigenvalue weighted by molar-refractivity contribution is -0.113. The number of aryl methyl sites for hydroxylation is 1. The van der Waals surface area contributed by atoms with E-state index in [0.29, 0.717) is 5.75 Å². The van der Waals surface area contributed by atoms with Crippen LogP contribution in [-0.4, -0.2) is 16.6 Å². The van der Waals surface area contributed by atoms with E-state index >= 15 is 0 Å². The van der Waals surface area contributed by atoms with Crippen molar-refractivity contribution in [2.45, 2.75) is 11.9 Å². The van der Waals surface area contributed by atoms with Gasteiger partial charge in [-0.2, -0.15) is 0 Å². The maximum Gasteiger partial charge on any atom is 0.234 e. The zero-order chi connectivity index (χ0) is 13.7. The number of benzene rings is 1. The Balaban J connectivity index is 1.84. The van der Waals surface area contributed by atoms with Gasteiger partial charge in [-0.1, -0.05) is 29.5 Å². The summed E-state index contributed by atoms with van der Waals surface area (Å²) < 4.78 is 0.931. The van der Waals surface area contributed by atoms with Crippen molar-refractivity contribution in [3.8, 4) is 0 Å². The predicted octanol–water partition coefficient (Wildman–Crippen LogP) is 3.88. The molecule has 1 N–H and O–H groups in total. The lowest BCUT2D eigenvalue weighted by atomic mass is 10.2. The number of hydrogen-bond donors (Lipinski definition) is 1. The number of pyridine rings is 1. The molecule has 0 aliphatic heterocycles. The number of nitrogens with one attached hydrogen (secondary N) is 1. The number of rotatable bonds is 4. The molecular weight excluding hydrogens is 324 g/mol. The SMILES string of the molecule is Cc1ccc(NC(=O)CSc2ccc(Br)cn2)cc1. The van der Waals surface area contributed by atoms with Crippen LogP contribution in [0.3, 0.4) is 0 Å². The molecule has 1 amide bonds. The van der Waals surface area contributed by atoms with Crippen molar-refractivity contribution in [3.05, 3.63) is 52.6 Å². The third-order valence-electron chi connectivity index (χ3n) is 2.39. The van der Waals surface area contributed by atoms with Crippen molar-refractivity contribution >= 4 is 39.3 Å². The highest BCUT2D eigenvalue weighted by Gasteiger charge is 2.04. The summed E-state index contributed by atoms with van der Waals surface area (Å²) in [7, 11) is 0. The quantitative estimate of drug-likeness (QED) is 0.861. The van der Waals surface area contributed by atoms with E-state index < -0.39 is 0 Å². The summed E-state index contributed by atoms with van der Waals surface area (Å²) in [6, 6.07) is 11.5. The molecule has 0 aliphatic carbocycles. The Morgan fingerprint density at radius 3 is 2.63 bits per heavy atom. The lowest BCUT2D eigenvalue weighted by Crippen LogP contribution is -2.13. The van der Waals surface area contributed by atoms with Gasteiger partial charge in [-0.15, -0.1) is 0 Å². The molecule has 1 heterocycles. The maximum absolute atomic E-state index is 11.8. The molecule has 0 radical (unpaired) electrons. The Kier molecular flexibility index (Phi) is 4.99. The van der Waals surface area contributed by atoms with Gasteiger partial charge in [0.05, 0.1) is 10.8 Å². The molecular formula is C14H13BrN2OS. The number of carbonyl (C=O) groups is 1. The van der Waals surface area contributed by atoms with Crippen LogP contribution >= 0.6 is 27.7 Å². The summed E-state index contributed by atoms with van der Waals surface area (Å²) >= 11 is 4.74. The molecule has 0 fully saturated rings. The molecule has 5 heteroatoms. The van der Waals surface area contributed by atoms with Gasteiger partial charge in [-0.3, -0.25) is 4.79 Å². The number of anilines is 1. The lowest BCUT2D eigenvalue weighted by Gasteiger charge is -2.05. The number of hydrogen-bond acceptors (Lipinski definition) is 3. The van der Waals surface area contributed by atoms with Gasteiger partial charge in [0.1, 0.15) is 0 Å². The molecule has 0 saturated carbocycles. The summed E-state index contributed by atoms with van der Waals surface area (Å²) in [6.07, 6.45) is 1.72. The van der Waals surface area contributed by atoms with Crippen LogP contribution in [0.2, 0.25) is 0 Å². The van der Waals surface area contributed by atoms with E-state index in [1.807, 2.05) is 43.3 Å². The molecule has 0 atom stereocenters. The molecule has 0 aliphatic rings. The number of halogens is 1. The van der Waals surface area contributed by atoms with Gasteiger partial charge in [-0.25, -0.2) is 4.98 Å². The van der Waals surface area contributed by atoms with Crippen LogP contribution in [0, 0.1) is 6.92 Å². The number of nitrogens with zero attached hydrogens (tertiary/aromatic N) is 1. The Labute approximate surface area is 125 Å². The first-order valence-corrected chi connectivity index (χ1v) is 7.52. The van der Waals surface area contributed by atoms with Gasteiger partial charge < -0.3 is 5.32 Å². The molecule has 0 saturated heterocycles. The van der Waals surface area contributed by atoms with Crippen LogP contribution < -0.4 is 5.32 Å². The van der Waals surface area contributed by atoms with Gasteiger partial charge in [0.2, 0.25) is 5.91 Å². The average molecular weight is 337 g/mol. The van der Waals surface area contributed by atoms with Crippen molar-refractivity contribution in [1.82, 2.24) is 4.98 Å². The Morgan fingerprint density at radius 2 is 2.00 bits per heavy atom. The van der Waals surface area contributed by atoms with Crippen LogP contribution in [0.4, 0.5) is 5.69 Å². The van der Waals surface area contributed by atoms with E-state index in [1.54, 1.807) is 6.20 Å². The zero-order valence-corrected chi connectivity index (χ0v) is 12.8. The molecule has 98 valence electrons. The Morgan fingerprint density at radius 1 is 1.26 bits per heavy atom. The zero-order valence-electron chi connectivity index (χ0n) is 10.4. The molecule has 2 aromatic rings. The monoisotopic (exact) mass is 336 g/mol. The highest BCUT2D eigenvalue weighted by molar-refractivity contribution is 9.10. The van der Waals surface area contributed by atoms with Crippen LogP contribution in [0.15, 0.2) is 52.1 Å². The molecule has 0 bridgehead atoms. The van der Waals surface area contributed by atoms with Crippen LogP contribution in [0.25, 0.3) is 0 Å². The second-order valence-electron chi connectivity index (χ2n) is 4.02. The van der Waals surface area contributed by atoms with Crippen molar-refractivity contribution in [2.75, 3.05) is 11.1 Å². The molecule has 19 heavy (non-hydrogen) atoms. The van der Waals surface area contributed by atoms with Gasteiger partial charge in [0, 0.05) is 16.4 Å². The molecule has 1 aromatic heterocycles. The van der Waals surface area contributed by atoms with Crippen LogP contribution in [-0.2, 0) is 4.79 Å². The van der Waals surface area contributed by atoms with Crippen molar-refractivity contribution < 1.29 is 4.79 Å². The van der Waals surface area contributed by atoms with Crippen molar-refractivity contribution in [2.24, 2.45) is 0 Å². The fraction of sp³-hybridized carbons (Fsp3) is 0.143. The van der Waals surface area contributed by atoms with E-state index in [-0.39, 0.29) is 5.91 Å². The van der Waals surface area contributed by atoms with Crippen LogP contribution in [0.5, 0.6) is 0 Å². The summed E-state index contributed by atoms with van der Waals surface area (Å²) in [5.74, 6) is 0.321. The van der Waals surface area contributed by atoms with E-state index in [1.165, 1.54) is 17.3 Å². The number of amides is 1. The predicted molar refractivity (Wildman–Crippen MR) is 82.5 cm³/mol. The smallest absolute Gasteiger partial charge is 0.234 e. The molecule has 2 rings (SSSR count). The third kappa shape index (κ3) is 4.69. The number of thioether (sulfide) groups is 1. The molecule has 1 aromatic carbocycles. The van der Waals surface area contributed by atoms with Crippen molar-refractivity contribution in [3.63, 3.8) is 0 Å². The summed E-state index contributed by atoms with van der Waals surface area (Å²) in [4.78, 5) is 16.0. The summed E-state index contributed by atoms with van der Waals surface area (Å²) in [6.45, 7) is 2.01. The first kappa shape index (κ1) is 14.1. The van der Waals surface area contributed by atoms with Crippen molar-refractivity contribution in [1.29, 1.82) is 0 Å². The van der Waals surface area contributed by atoms with Gasteiger partial charge >= 0.3 is 0 Å². The summed E-state index contributed by atoms with van der Waals surface area (Å²) in [5, 5.41) is 3.69. The van der Waals surface area contributed by atoms with E-state index in [9.17, 15) is 4.79 Å². The largest absolute Gasteiger partial charge is 0.325 e. The highest BCUT2D eigenvalue weighted by atomic mass is 79.9. The van der Waals surface area contributed by atoms with Gasteiger partial charge in [-0.05, 0) is 47.1 Å². The molecule has 0 spiro atoms.